The van der Waals surface area contributed by atoms with Crippen molar-refractivity contribution in [3.63, 3.8) is 0 Å². The lowest BCUT2D eigenvalue weighted by atomic mass is 9.80. The van der Waals surface area contributed by atoms with Crippen molar-refractivity contribution in [3.05, 3.63) is 159 Å². The molecular weight excluding hydrogens is 1300 g/mol. The predicted molar refractivity (Wildman–Crippen MR) is 344 cm³/mol. The molecule has 1 aliphatic carbocycles. The number of carbonyl (C=O) groups is 4. The van der Waals surface area contributed by atoms with Crippen LogP contribution >= 0.6 is 11.6 Å². The maximum absolute atomic E-state index is 13.6. The van der Waals surface area contributed by atoms with Crippen LogP contribution in [0.4, 0.5) is 39.5 Å². The van der Waals surface area contributed by atoms with Crippen molar-refractivity contribution in [2.75, 3.05) is 86.2 Å². The van der Waals surface area contributed by atoms with E-state index in [0.717, 1.165) is 67.2 Å². The van der Waals surface area contributed by atoms with Crippen LogP contribution in [0.3, 0.4) is 0 Å². The minimum atomic E-state index is -4.90. The molecule has 2 aromatic carbocycles. The number of fused-ring (bicyclic) bond motifs is 6. The van der Waals surface area contributed by atoms with E-state index in [9.17, 15) is 63.8 Å². The molecule has 7 aliphatic rings. The van der Waals surface area contributed by atoms with Crippen molar-refractivity contribution in [1.29, 1.82) is 0 Å². The average molecular weight is 1380 g/mol. The monoisotopic (exact) mass is 1380 g/mol. The Balaban J connectivity index is 0.000000148. The second-order valence-corrected chi connectivity index (χ2v) is 27.6. The van der Waals surface area contributed by atoms with E-state index in [2.05, 4.69) is 37.4 Å². The fourth-order valence-electron chi connectivity index (χ4n) is 15.1. The highest BCUT2D eigenvalue weighted by Gasteiger charge is 2.53. The first-order chi connectivity index (χ1) is 45.8. The Morgan fingerprint density at radius 1 is 0.577 bits per heavy atom. The molecule has 524 valence electrons. The number of alkyl halides is 9. The summed E-state index contributed by atoms with van der Waals surface area (Å²) in [6.45, 7) is 12.7. The minimum Gasteiger partial charge on any atom is -0.490 e. The highest BCUT2D eigenvalue weighted by Crippen LogP contribution is 2.50. The molecule has 97 heavy (non-hydrogen) atoms. The number of hydrogen-bond acceptors (Lipinski definition) is 11. The number of Topliss-reactive ketones (excluding diaryl/α,β-unsaturated/α-hetero) is 1. The third-order valence-corrected chi connectivity index (χ3v) is 20.9. The quantitative estimate of drug-likeness (QED) is 0.0974. The lowest BCUT2D eigenvalue weighted by Gasteiger charge is -2.52. The zero-order chi connectivity index (χ0) is 69.8. The Hall–Kier alpha value is -7.39. The van der Waals surface area contributed by atoms with Crippen molar-refractivity contribution < 1.29 is 73.3 Å². The van der Waals surface area contributed by atoms with E-state index in [0.29, 0.717) is 125 Å². The van der Waals surface area contributed by atoms with Gasteiger partial charge in [0.2, 0.25) is 0 Å². The molecule has 0 radical (unpaired) electrons. The SMILES string of the molecule is CCc1ccc(C(=O)N2CCC3(CC2)c2ccc(C(=O)C(F)(F)F)n2CCN3C)nc1.CN1CCn2c(Cl)ccc2C12CCN(C(=O)c1ccc(OCC(F)(F)F)cc1)CC2.Cc1cc(C(=O)N2CCC3(CC2)c2ccc(C(F)(F)F)n2CCN3C2CC2)ccc1OCC(C)(C)O. The molecule has 10 heterocycles. The molecule has 0 atom stereocenters. The van der Waals surface area contributed by atoms with Gasteiger partial charge in [-0.1, -0.05) is 24.6 Å². The number of nitrogens with zero attached hydrogens (tertiary/aromatic N) is 10. The second kappa shape index (κ2) is 27.4. The molecule has 1 N–H and O–H groups in total. The van der Waals surface area contributed by atoms with E-state index in [1.165, 1.54) is 51.2 Å². The molecule has 27 heteroatoms. The molecule has 17 nitrogen and oxygen atoms in total. The third kappa shape index (κ3) is 14.7. The molecular formula is C70H82ClF9N10O7. The number of hydrogen-bond donors (Lipinski definition) is 1. The van der Waals surface area contributed by atoms with Gasteiger partial charge in [0.15, 0.2) is 6.61 Å². The van der Waals surface area contributed by atoms with Crippen LogP contribution in [0.5, 0.6) is 11.5 Å². The van der Waals surface area contributed by atoms with Crippen molar-refractivity contribution >= 4 is 35.1 Å². The lowest BCUT2D eigenvalue weighted by molar-refractivity contribution is -0.153. The van der Waals surface area contributed by atoms with Crippen LogP contribution in [-0.4, -0.2) is 187 Å². The van der Waals surface area contributed by atoms with Gasteiger partial charge in [0.05, 0.1) is 27.9 Å². The van der Waals surface area contributed by atoms with Crippen molar-refractivity contribution in [2.45, 2.75) is 152 Å². The van der Waals surface area contributed by atoms with Crippen LogP contribution in [0.25, 0.3) is 0 Å². The average Bonchev–Trinajstić information content (AvgIpc) is 1.62. The Bertz CT molecular complexity index is 3830. The highest BCUT2D eigenvalue weighted by atomic mass is 35.5. The number of halogens is 10. The molecule has 4 fully saturated rings. The summed E-state index contributed by atoms with van der Waals surface area (Å²) in [4.78, 5) is 67.5. The Morgan fingerprint density at radius 3 is 1.62 bits per heavy atom. The number of pyridine rings is 1. The van der Waals surface area contributed by atoms with Crippen LogP contribution in [0, 0.1) is 6.92 Å². The lowest BCUT2D eigenvalue weighted by Crippen LogP contribution is -2.58. The summed E-state index contributed by atoms with van der Waals surface area (Å²) in [6.07, 6.45) is -4.99. The summed E-state index contributed by atoms with van der Waals surface area (Å²) in [5, 5.41) is 10.6. The summed E-state index contributed by atoms with van der Waals surface area (Å²) in [5.41, 5.74) is 2.95. The third-order valence-electron chi connectivity index (χ3n) is 20.6. The van der Waals surface area contributed by atoms with Gasteiger partial charge in [-0.3, -0.25) is 38.9 Å². The van der Waals surface area contributed by atoms with Gasteiger partial charge >= 0.3 is 18.5 Å². The molecule has 3 spiro atoms. The number of aromatic nitrogens is 4. The van der Waals surface area contributed by atoms with E-state index < -0.39 is 53.3 Å². The van der Waals surface area contributed by atoms with E-state index in [4.69, 9.17) is 21.1 Å². The number of rotatable bonds is 11. The largest absolute Gasteiger partial charge is 0.490 e. The van der Waals surface area contributed by atoms with Crippen LogP contribution in [0.1, 0.15) is 148 Å². The normalized spacial score (nSPS) is 19.5. The number of carbonyl (C=O) groups excluding carboxylic acids is 4. The van der Waals surface area contributed by atoms with E-state index in [1.54, 1.807) is 66.2 Å². The number of aryl methyl sites for hydroxylation is 2. The number of aliphatic hydroxyl groups is 1. The van der Waals surface area contributed by atoms with Crippen LogP contribution < -0.4 is 9.47 Å². The molecule has 6 aromatic rings. The van der Waals surface area contributed by atoms with Crippen molar-refractivity contribution in [3.8, 4) is 11.5 Å². The van der Waals surface area contributed by atoms with Gasteiger partial charge in [-0.05, 0) is 189 Å². The van der Waals surface area contributed by atoms with E-state index >= 15 is 0 Å². The fourth-order valence-corrected chi connectivity index (χ4v) is 15.3. The molecule has 1 saturated carbocycles. The van der Waals surface area contributed by atoms with Crippen molar-refractivity contribution in [1.82, 2.24) is 48.1 Å². The van der Waals surface area contributed by atoms with Crippen molar-refractivity contribution in [2.24, 2.45) is 0 Å². The second-order valence-electron chi connectivity index (χ2n) is 27.2. The zero-order valence-corrected chi connectivity index (χ0v) is 56.0. The van der Waals surface area contributed by atoms with Crippen LogP contribution in [0.15, 0.2) is 97.2 Å². The number of likely N-dealkylation sites (N-methyl/N-ethyl adjacent to an activating group) is 2. The number of benzene rings is 2. The molecule has 3 amide bonds. The molecule has 13 rings (SSSR count). The van der Waals surface area contributed by atoms with Gasteiger partial charge < -0.3 is 43.0 Å². The summed E-state index contributed by atoms with van der Waals surface area (Å²) in [7, 11) is 4.06. The standard InChI is InChI=1S/C27H34F3N3O3.C22H25F3N4O2.C21H23ClF3N3O2/c1-18-16-19(4-7-21(18)36-17-25(2,3)35)24(34)31-12-10-26(11-13-31)22-8-9-23(27(28,29)30)32(22)14-15-33(26)20-5-6-20;1-3-15-4-5-16(26-14-15)20(31)28-10-8-21(9-11-28)18-7-6-17(19(30)22(23,24)25)29(18)13-12-27(21)2;1-26-12-13-28-17(6-7-18(28)22)20(26)8-10-27(11-9-20)19(29)15-2-4-16(5-3-15)30-14-21(23,24)25/h4,7-9,16,20,35H,5-6,10-15,17H2,1-3H3;4-7,14H,3,8-13H2,1-2H3;2-7H,8-14H2,1H3. The summed E-state index contributed by atoms with van der Waals surface area (Å²) >= 11 is 6.33. The number of ether oxygens (including phenoxy) is 2. The van der Waals surface area contributed by atoms with Gasteiger partial charge in [-0.15, -0.1) is 0 Å². The van der Waals surface area contributed by atoms with Crippen LogP contribution in [-0.2, 0) is 48.8 Å². The number of amides is 3. The minimum absolute atomic E-state index is 0.0814. The van der Waals surface area contributed by atoms with Crippen LogP contribution in [0.2, 0.25) is 5.15 Å². The van der Waals surface area contributed by atoms with Gasteiger partial charge in [0, 0.05) is 119 Å². The molecule has 4 aromatic heterocycles. The van der Waals surface area contributed by atoms with Gasteiger partial charge in [-0.25, -0.2) is 0 Å². The van der Waals surface area contributed by atoms with E-state index in [1.807, 2.05) is 37.9 Å². The first-order valence-electron chi connectivity index (χ1n) is 33.0. The molecule has 0 bridgehead atoms. The fraction of sp³-hybridized carbons (Fsp3) is 0.529. The smallest absolute Gasteiger partial charge is 0.456 e. The first-order valence-corrected chi connectivity index (χ1v) is 33.4. The Labute approximate surface area is 562 Å². The zero-order valence-electron chi connectivity index (χ0n) is 55.2. The van der Waals surface area contributed by atoms with Gasteiger partial charge in [0.1, 0.15) is 34.6 Å². The number of ketones is 1. The van der Waals surface area contributed by atoms with E-state index in [-0.39, 0.29) is 41.3 Å². The van der Waals surface area contributed by atoms with Gasteiger partial charge in [-0.2, -0.15) is 39.5 Å². The predicted octanol–water partition coefficient (Wildman–Crippen LogP) is 12.0. The topological polar surface area (TPSA) is 154 Å². The Morgan fingerprint density at radius 2 is 1.09 bits per heavy atom. The number of likely N-dealkylation sites (tertiary alicyclic amines) is 3. The highest BCUT2D eigenvalue weighted by molar-refractivity contribution is 6.29. The maximum atomic E-state index is 13.6. The Kier molecular flexibility index (Phi) is 20.0. The first kappa shape index (κ1) is 70.9. The molecule has 3 saturated heterocycles. The summed E-state index contributed by atoms with van der Waals surface area (Å²) < 4.78 is 132. The molecule has 6 aliphatic heterocycles. The summed E-state index contributed by atoms with van der Waals surface area (Å²) in [5.74, 6) is -1.45. The summed E-state index contributed by atoms with van der Waals surface area (Å²) in [6, 6.07) is 24.9. The maximum Gasteiger partial charge on any atom is 0.456 e. The molecule has 0 unspecified atom stereocenters. The van der Waals surface area contributed by atoms with Gasteiger partial charge in [0.25, 0.3) is 23.5 Å². The number of piperidine rings is 3.